The Morgan fingerprint density at radius 3 is 2.43 bits per heavy atom. The Morgan fingerprint density at radius 1 is 0.968 bits per heavy atom. The second-order valence-corrected chi connectivity index (χ2v) is 15.5. The lowest BCUT2D eigenvalue weighted by atomic mass is 9.86. The monoisotopic (exact) mass is 872 g/mol. The fraction of sp³-hybridized carbons (Fsp3) is 0.465. The fourth-order valence-corrected chi connectivity index (χ4v) is 7.63. The summed E-state index contributed by atoms with van der Waals surface area (Å²) in [7, 11) is 3.71. The van der Waals surface area contributed by atoms with Gasteiger partial charge in [0.1, 0.15) is 18.4 Å². The molecule has 336 valence electrons. The maximum absolute atomic E-state index is 13.7. The summed E-state index contributed by atoms with van der Waals surface area (Å²) in [5, 5.41) is 22.5. The number of aliphatic hydroxyl groups is 1. The van der Waals surface area contributed by atoms with Crippen LogP contribution in [-0.2, 0) is 63.5 Å². The molecule has 20 nitrogen and oxygen atoms in total. The number of esters is 1. The van der Waals surface area contributed by atoms with Crippen molar-refractivity contribution in [2.75, 3.05) is 53.5 Å². The van der Waals surface area contributed by atoms with Crippen LogP contribution in [0.15, 0.2) is 41.2 Å². The predicted molar refractivity (Wildman–Crippen MR) is 225 cm³/mol. The lowest BCUT2D eigenvalue weighted by Gasteiger charge is -2.31. The number of nitrogens with zero attached hydrogens (tertiary/aromatic N) is 4. The highest BCUT2D eigenvalue weighted by molar-refractivity contribution is 6.12. The number of carbonyl (C=O) groups is 7. The molecule has 0 radical (unpaired) electrons. The van der Waals surface area contributed by atoms with E-state index in [9.17, 15) is 43.5 Å². The molecule has 0 saturated heterocycles. The molecule has 0 spiro atoms. The Kier molecular flexibility index (Phi) is 14.7. The van der Waals surface area contributed by atoms with Crippen LogP contribution >= 0.6 is 0 Å². The molecule has 5 N–H and O–H groups in total. The SMILES string of the molecule is CCOCCNC(=O)CC[C@@H](NC(=O)CCCN1C(=O)C=CC1=O)C(=O)NCCNC(=O)Oc1ccc2nc3c(cc2c1CN(C)C)Cn1c-3cc2c(c1=O)COC(=O)[C@]2(O)CC. The summed E-state index contributed by atoms with van der Waals surface area (Å²) in [5.74, 6) is -2.93. The second kappa shape index (κ2) is 20.1. The van der Waals surface area contributed by atoms with Crippen LogP contribution in [-0.4, -0.2) is 126 Å². The number of fused-ring (bicyclic) bond motifs is 5. The van der Waals surface area contributed by atoms with Crippen LogP contribution in [0, 0.1) is 0 Å². The van der Waals surface area contributed by atoms with E-state index in [1.807, 2.05) is 32.0 Å². The molecule has 0 fully saturated rings. The summed E-state index contributed by atoms with van der Waals surface area (Å²) in [6, 6.07) is 5.73. The van der Waals surface area contributed by atoms with E-state index in [0.29, 0.717) is 47.6 Å². The topological polar surface area (TPSA) is 257 Å². The molecule has 3 aliphatic heterocycles. The van der Waals surface area contributed by atoms with Gasteiger partial charge in [0.05, 0.1) is 35.6 Å². The summed E-state index contributed by atoms with van der Waals surface area (Å²) < 4.78 is 17.7. The van der Waals surface area contributed by atoms with E-state index in [4.69, 9.17) is 19.2 Å². The minimum atomic E-state index is -1.95. The normalized spacial score (nSPS) is 16.7. The van der Waals surface area contributed by atoms with Crippen molar-refractivity contribution in [2.45, 2.75) is 77.3 Å². The van der Waals surface area contributed by atoms with Crippen molar-refractivity contribution >= 4 is 52.5 Å². The molecular weight excluding hydrogens is 821 g/mol. The first kappa shape index (κ1) is 46.0. The van der Waals surface area contributed by atoms with Gasteiger partial charge in [-0.15, -0.1) is 0 Å². The Labute approximate surface area is 362 Å². The van der Waals surface area contributed by atoms with Crippen molar-refractivity contribution in [1.29, 1.82) is 0 Å². The number of hydrogen-bond acceptors (Lipinski definition) is 14. The number of cyclic esters (lactones) is 1. The molecular formula is C43H52N8O12. The van der Waals surface area contributed by atoms with Crippen molar-refractivity contribution in [1.82, 2.24) is 40.6 Å². The van der Waals surface area contributed by atoms with Gasteiger partial charge < -0.3 is 50.1 Å². The minimum Gasteiger partial charge on any atom is -0.458 e. The van der Waals surface area contributed by atoms with Gasteiger partial charge in [0, 0.05) is 86.4 Å². The van der Waals surface area contributed by atoms with Crippen molar-refractivity contribution < 1.29 is 52.9 Å². The smallest absolute Gasteiger partial charge is 0.412 e. The number of ether oxygens (including phenoxy) is 3. The zero-order valence-electron chi connectivity index (χ0n) is 35.7. The molecule has 0 bridgehead atoms. The van der Waals surface area contributed by atoms with Crippen LogP contribution in [0.25, 0.3) is 22.3 Å². The van der Waals surface area contributed by atoms with Crippen LogP contribution < -0.4 is 31.6 Å². The van der Waals surface area contributed by atoms with E-state index in [-0.39, 0.29) is 99.8 Å². The number of benzene rings is 1. The Hall–Kier alpha value is -6.51. The Balaban J connectivity index is 1.08. The molecule has 5 heterocycles. The Bertz CT molecular complexity index is 2390. The van der Waals surface area contributed by atoms with Crippen molar-refractivity contribution in [3.8, 4) is 17.1 Å². The molecule has 0 unspecified atom stereocenters. The lowest BCUT2D eigenvalue weighted by molar-refractivity contribution is -0.172. The first-order chi connectivity index (χ1) is 30.1. The standard InChI is InChI=1S/C43H52N8O12/c1-5-43(60)29-21-32-38-25(22-51(32)40(57)28(29)24-62-41(43)58)20-26-27(23-49(3)4)33(11-9-30(26)48-38)63-42(59)46-16-15-45-39(56)31(10-12-34(52)44-17-19-61-6-2)47-35(53)8-7-18-50-36(54)13-14-37(50)55/h9,11,13-14,20-21,31,60H,5-8,10,12,15-19,22-24H2,1-4H3,(H,44,52)(H,45,56)(H,46,59)(H,47,53)/t31-,43+/m1/s1. The first-order valence-electron chi connectivity index (χ1n) is 20.8. The maximum Gasteiger partial charge on any atom is 0.412 e. The summed E-state index contributed by atoms with van der Waals surface area (Å²) in [6.45, 7) is 4.78. The summed E-state index contributed by atoms with van der Waals surface area (Å²) in [6.07, 6.45) is 1.49. The minimum absolute atomic E-state index is 0.0203. The molecule has 6 amide bonds. The number of aromatic nitrogens is 2. The number of imide groups is 1. The van der Waals surface area contributed by atoms with Gasteiger partial charge in [-0.3, -0.25) is 33.7 Å². The average molecular weight is 873 g/mol. The van der Waals surface area contributed by atoms with E-state index in [1.54, 1.807) is 29.7 Å². The van der Waals surface area contributed by atoms with E-state index in [1.165, 1.54) is 0 Å². The third-order valence-electron chi connectivity index (χ3n) is 10.9. The summed E-state index contributed by atoms with van der Waals surface area (Å²) in [4.78, 5) is 109. The first-order valence-corrected chi connectivity index (χ1v) is 20.8. The van der Waals surface area contributed by atoms with Gasteiger partial charge in [-0.05, 0) is 64.5 Å². The quantitative estimate of drug-likeness (QED) is 0.0460. The van der Waals surface area contributed by atoms with Gasteiger partial charge in [-0.1, -0.05) is 6.92 Å². The van der Waals surface area contributed by atoms with E-state index in [2.05, 4.69) is 21.3 Å². The van der Waals surface area contributed by atoms with Crippen molar-refractivity contribution in [2.24, 2.45) is 0 Å². The van der Waals surface area contributed by atoms with Crippen LogP contribution in [0.1, 0.15) is 68.2 Å². The molecule has 1 aromatic carbocycles. The zero-order chi connectivity index (χ0) is 45.4. The lowest BCUT2D eigenvalue weighted by Crippen LogP contribution is -2.49. The molecule has 63 heavy (non-hydrogen) atoms. The largest absolute Gasteiger partial charge is 0.458 e. The van der Waals surface area contributed by atoms with Gasteiger partial charge in [0.15, 0.2) is 5.60 Å². The number of carbonyl (C=O) groups excluding carboxylic acids is 7. The predicted octanol–water partition coefficient (Wildman–Crippen LogP) is 0.469. The highest BCUT2D eigenvalue weighted by Gasteiger charge is 2.45. The Morgan fingerprint density at radius 2 is 1.71 bits per heavy atom. The number of rotatable bonds is 20. The number of pyridine rings is 2. The van der Waals surface area contributed by atoms with Gasteiger partial charge in [0.25, 0.3) is 17.4 Å². The van der Waals surface area contributed by atoms with Crippen LogP contribution in [0.5, 0.6) is 5.75 Å². The number of nitrogens with one attached hydrogen (secondary N) is 4. The zero-order valence-corrected chi connectivity index (χ0v) is 35.7. The molecule has 2 atom stereocenters. The van der Waals surface area contributed by atoms with E-state index in [0.717, 1.165) is 22.6 Å². The molecule has 0 aliphatic carbocycles. The van der Waals surface area contributed by atoms with Crippen LogP contribution in [0.4, 0.5) is 4.79 Å². The third-order valence-corrected chi connectivity index (χ3v) is 10.9. The van der Waals surface area contributed by atoms with E-state index >= 15 is 0 Å². The molecule has 6 rings (SSSR count). The van der Waals surface area contributed by atoms with Gasteiger partial charge in [-0.25, -0.2) is 14.6 Å². The fourth-order valence-electron chi connectivity index (χ4n) is 7.63. The second-order valence-electron chi connectivity index (χ2n) is 15.5. The third kappa shape index (κ3) is 10.4. The highest BCUT2D eigenvalue weighted by Crippen LogP contribution is 2.40. The molecule has 3 aromatic rings. The van der Waals surface area contributed by atoms with Crippen molar-refractivity contribution in [3.63, 3.8) is 0 Å². The molecule has 3 aliphatic rings. The maximum atomic E-state index is 13.7. The summed E-state index contributed by atoms with van der Waals surface area (Å²) in [5.41, 5.74) is 1.01. The van der Waals surface area contributed by atoms with Gasteiger partial charge in [0.2, 0.25) is 17.7 Å². The van der Waals surface area contributed by atoms with Crippen LogP contribution in [0.3, 0.4) is 0 Å². The van der Waals surface area contributed by atoms with Gasteiger partial charge in [-0.2, -0.15) is 0 Å². The summed E-state index contributed by atoms with van der Waals surface area (Å²) >= 11 is 0. The number of hydrogen-bond donors (Lipinski definition) is 5. The van der Waals surface area contributed by atoms with Gasteiger partial charge >= 0.3 is 12.1 Å². The number of amides is 6. The van der Waals surface area contributed by atoms with Crippen molar-refractivity contribution in [3.05, 3.63) is 69.0 Å². The molecule has 0 saturated carbocycles. The van der Waals surface area contributed by atoms with E-state index < -0.39 is 47.3 Å². The average Bonchev–Trinajstić information content (AvgIpc) is 3.78. The molecule has 2 aromatic heterocycles. The molecule has 20 heteroatoms. The van der Waals surface area contributed by atoms with Crippen LogP contribution in [0.2, 0.25) is 0 Å². The highest BCUT2D eigenvalue weighted by atomic mass is 16.6.